The van der Waals surface area contributed by atoms with E-state index in [0.717, 1.165) is 5.56 Å². The first-order valence-electron chi connectivity index (χ1n) is 6.49. The molecule has 0 bridgehead atoms. The molecule has 0 atom stereocenters. The first-order valence-corrected chi connectivity index (χ1v) is 6.87. The SMILES string of the molecule is N#Cc1ccc(/C=N\NC(=O)CNc2ccccc2Cl)cc1. The Morgan fingerprint density at radius 1 is 1.23 bits per heavy atom. The van der Waals surface area contributed by atoms with Crippen LogP contribution in [0.25, 0.3) is 0 Å². The van der Waals surface area contributed by atoms with Gasteiger partial charge in [-0.3, -0.25) is 4.79 Å². The van der Waals surface area contributed by atoms with E-state index in [0.29, 0.717) is 16.3 Å². The molecular weight excluding hydrogens is 300 g/mol. The van der Waals surface area contributed by atoms with Crippen molar-refractivity contribution in [1.29, 1.82) is 5.26 Å². The first-order chi connectivity index (χ1) is 10.7. The number of nitrogens with one attached hydrogen (secondary N) is 2. The van der Waals surface area contributed by atoms with E-state index in [4.69, 9.17) is 16.9 Å². The molecule has 110 valence electrons. The van der Waals surface area contributed by atoms with Gasteiger partial charge in [-0.05, 0) is 29.8 Å². The van der Waals surface area contributed by atoms with Gasteiger partial charge in [0.15, 0.2) is 0 Å². The number of nitriles is 1. The van der Waals surface area contributed by atoms with Crippen LogP contribution in [0.3, 0.4) is 0 Å². The van der Waals surface area contributed by atoms with Crippen molar-refractivity contribution in [2.45, 2.75) is 0 Å². The summed E-state index contributed by atoms with van der Waals surface area (Å²) in [5.41, 5.74) is 4.46. The van der Waals surface area contributed by atoms with E-state index < -0.39 is 0 Å². The minimum absolute atomic E-state index is 0.0639. The summed E-state index contributed by atoms with van der Waals surface area (Å²) in [7, 11) is 0. The summed E-state index contributed by atoms with van der Waals surface area (Å²) in [5.74, 6) is -0.287. The van der Waals surface area contributed by atoms with E-state index in [-0.39, 0.29) is 12.5 Å². The molecule has 2 N–H and O–H groups in total. The normalized spacial score (nSPS) is 10.2. The lowest BCUT2D eigenvalue weighted by Gasteiger charge is -2.06. The fraction of sp³-hybridized carbons (Fsp3) is 0.0625. The van der Waals surface area contributed by atoms with Crippen LogP contribution in [0.15, 0.2) is 53.6 Å². The van der Waals surface area contributed by atoms with Crippen LogP contribution in [0.4, 0.5) is 5.69 Å². The number of rotatable bonds is 5. The molecule has 0 aliphatic heterocycles. The number of carbonyl (C=O) groups is 1. The fourth-order valence-electron chi connectivity index (χ4n) is 1.64. The van der Waals surface area contributed by atoms with Crippen LogP contribution in [0.1, 0.15) is 11.1 Å². The molecule has 2 rings (SSSR count). The number of para-hydroxylation sites is 1. The van der Waals surface area contributed by atoms with Gasteiger partial charge in [-0.1, -0.05) is 35.9 Å². The second-order valence-electron chi connectivity index (χ2n) is 4.36. The number of hydrazone groups is 1. The Kier molecular flexibility index (Phi) is 5.52. The smallest absolute Gasteiger partial charge is 0.259 e. The molecule has 6 heteroatoms. The zero-order valence-corrected chi connectivity index (χ0v) is 12.3. The maximum Gasteiger partial charge on any atom is 0.259 e. The minimum Gasteiger partial charge on any atom is -0.375 e. The van der Waals surface area contributed by atoms with Crippen molar-refractivity contribution in [3.8, 4) is 6.07 Å². The van der Waals surface area contributed by atoms with Gasteiger partial charge >= 0.3 is 0 Å². The van der Waals surface area contributed by atoms with Crippen LogP contribution in [0.2, 0.25) is 5.02 Å². The number of carbonyl (C=O) groups excluding carboxylic acids is 1. The number of hydrogen-bond donors (Lipinski definition) is 2. The van der Waals surface area contributed by atoms with Gasteiger partial charge in [0.1, 0.15) is 0 Å². The van der Waals surface area contributed by atoms with E-state index in [1.807, 2.05) is 18.2 Å². The maximum atomic E-state index is 11.6. The molecule has 0 saturated carbocycles. The van der Waals surface area contributed by atoms with E-state index >= 15 is 0 Å². The molecule has 0 spiro atoms. The Balaban J connectivity index is 1.81. The average molecular weight is 313 g/mol. The highest BCUT2D eigenvalue weighted by molar-refractivity contribution is 6.33. The standard InChI is InChI=1S/C16H13ClN4O/c17-14-3-1-2-4-15(14)19-11-16(22)21-20-10-13-7-5-12(9-18)6-8-13/h1-8,10,19H,11H2,(H,21,22)/b20-10-. The fourth-order valence-corrected chi connectivity index (χ4v) is 1.84. The second-order valence-corrected chi connectivity index (χ2v) is 4.77. The summed E-state index contributed by atoms with van der Waals surface area (Å²) in [4.78, 5) is 11.6. The Hall–Kier alpha value is -2.84. The molecule has 2 aromatic rings. The molecule has 0 aliphatic rings. The zero-order chi connectivity index (χ0) is 15.8. The van der Waals surface area contributed by atoms with E-state index in [1.54, 1.807) is 36.4 Å². The Morgan fingerprint density at radius 2 is 1.95 bits per heavy atom. The molecular formula is C16H13ClN4O. The molecule has 2 aromatic carbocycles. The number of anilines is 1. The molecule has 0 heterocycles. The quantitative estimate of drug-likeness (QED) is 0.658. The van der Waals surface area contributed by atoms with Crippen molar-refractivity contribution in [3.05, 3.63) is 64.7 Å². The monoisotopic (exact) mass is 312 g/mol. The Bertz CT molecular complexity index is 720. The number of amides is 1. The summed E-state index contributed by atoms with van der Waals surface area (Å²) < 4.78 is 0. The number of benzene rings is 2. The van der Waals surface area contributed by atoms with Gasteiger partial charge in [0.05, 0.1) is 35.1 Å². The van der Waals surface area contributed by atoms with E-state index in [2.05, 4.69) is 15.8 Å². The van der Waals surface area contributed by atoms with Crippen LogP contribution in [0, 0.1) is 11.3 Å². The molecule has 1 amide bonds. The molecule has 0 aliphatic carbocycles. The van der Waals surface area contributed by atoms with Crippen LogP contribution in [-0.4, -0.2) is 18.7 Å². The second kappa shape index (κ2) is 7.81. The summed E-state index contributed by atoms with van der Waals surface area (Å²) in [5, 5.41) is 16.0. The number of hydrogen-bond acceptors (Lipinski definition) is 4. The average Bonchev–Trinajstić information content (AvgIpc) is 2.55. The van der Waals surface area contributed by atoms with E-state index in [1.165, 1.54) is 6.21 Å². The van der Waals surface area contributed by atoms with Crippen molar-refractivity contribution < 1.29 is 4.79 Å². The van der Waals surface area contributed by atoms with Gasteiger partial charge in [-0.2, -0.15) is 10.4 Å². The van der Waals surface area contributed by atoms with Crippen molar-refractivity contribution in [2.75, 3.05) is 11.9 Å². The third-order valence-corrected chi connectivity index (χ3v) is 3.09. The third kappa shape index (κ3) is 4.62. The predicted molar refractivity (Wildman–Crippen MR) is 86.8 cm³/mol. The molecule has 5 nitrogen and oxygen atoms in total. The lowest BCUT2D eigenvalue weighted by molar-refractivity contribution is -0.119. The molecule has 0 saturated heterocycles. The van der Waals surface area contributed by atoms with Crippen molar-refractivity contribution in [3.63, 3.8) is 0 Å². The van der Waals surface area contributed by atoms with E-state index in [9.17, 15) is 4.79 Å². The molecule has 0 radical (unpaired) electrons. The number of nitrogens with zero attached hydrogens (tertiary/aromatic N) is 2. The maximum absolute atomic E-state index is 11.6. The topological polar surface area (TPSA) is 77.3 Å². The molecule has 0 fully saturated rings. The highest BCUT2D eigenvalue weighted by Gasteiger charge is 2.02. The van der Waals surface area contributed by atoms with Crippen LogP contribution >= 0.6 is 11.6 Å². The summed E-state index contributed by atoms with van der Waals surface area (Å²) in [6.45, 7) is 0.0639. The highest BCUT2D eigenvalue weighted by atomic mass is 35.5. The van der Waals surface area contributed by atoms with Crippen LogP contribution in [-0.2, 0) is 4.79 Å². The lowest BCUT2D eigenvalue weighted by atomic mass is 10.2. The van der Waals surface area contributed by atoms with Gasteiger partial charge in [-0.25, -0.2) is 5.43 Å². The van der Waals surface area contributed by atoms with Gasteiger partial charge in [0.25, 0.3) is 5.91 Å². The first kappa shape index (κ1) is 15.5. The summed E-state index contributed by atoms with van der Waals surface area (Å²) in [6.07, 6.45) is 1.51. The van der Waals surface area contributed by atoms with Crippen molar-refractivity contribution in [2.24, 2.45) is 5.10 Å². The Morgan fingerprint density at radius 3 is 2.64 bits per heavy atom. The summed E-state index contributed by atoms with van der Waals surface area (Å²) in [6, 6.07) is 16.1. The van der Waals surface area contributed by atoms with Gasteiger partial charge in [0, 0.05) is 0 Å². The van der Waals surface area contributed by atoms with Crippen LogP contribution in [0.5, 0.6) is 0 Å². The van der Waals surface area contributed by atoms with Gasteiger partial charge in [-0.15, -0.1) is 0 Å². The van der Waals surface area contributed by atoms with Crippen molar-refractivity contribution >= 4 is 29.4 Å². The van der Waals surface area contributed by atoms with Crippen LogP contribution < -0.4 is 10.7 Å². The lowest BCUT2D eigenvalue weighted by Crippen LogP contribution is -2.25. The van der Waals surface area contributed by atoms with Gasteiger partial charge < -0.3 is 5.32 Å². The Labute approximate surface area is 133 Å². The van der Waals surface area contributed by atoms with Crippen molar-refractivity contribution in [1.82, 2.24) is 5.43 Å². The highest BCUT2D eigenvalue weighted by Crippen LogP contribution is 2.19. The van der Waals surface area contributed by atoms with Gasteiger partial charge in [0.2, 0.25) is 0 Å². The zero-order valence-electron chi connectivity index (χ0n) is 11.6. The largest absolute Gasteiger partial charge is 0.375 e. The number of halogens is 1. The summed E-state index contributed by atoms with van der Waals surface area (Å²) >= 11 is 5.97. The molecule has 0 aromatic heterocycles. The predicted octanol–water partition coefficient (Wildman–Crippen LogP) is 2.77. The molecule has 22 heavy (non-hydrogen) atoms. The third-order valence-electron chi connectivity index (χ3n) is 2.76. The molecule has 0 unspecified atom stereocenters. The minimum atomic E-state index is -0.287.